The van der Waals surface area contributed by atoms with Gasteiger partial charge in [-0.25, -0.2) is 0 Å². The minimum absolute atomic E-state index is 0.169. The fourth-order valence-corrected chi connectivity index (χ4v) is 9.53. The Hall–Kier alpha value is -1.06. The van der Waals surface area contributed by atoms with E-state index in [4.69, 9.17) is 9.47 Å². The second-order valence-electron chi connectivity index (χ2n) is 8.64. The second kappa shape index (κ2) is 3.25. The van der Waals surface area contributed by atoms with Crippen molar-refractivity contribution in [3.8, 4) is 0 Å². The number of rotatable bonds is 2. The molecule has 0 saturated heterocycles. The van der Waals surface area contributed by atoms with E-state index in [-0.39, 0.29) is 23.8 Å². The van der Waals surface area contributed by atoms with Crippen LogP contribution in [0.5, 0.6) is 0 Å². The zero-order valence-electron chi connectivity index (χ0n) is 13.1. The van der Waals surface area contributed by atoms with Crippen molar-refractivity contribution in [2.24, 2.45) is 58.2 Å². The predicted molar refractivity (Wildman–Crippen MR) is 75.3 cm³/mol. The molecule has 2 spiro atoms. The van der Waals surface area contributed by atoms with Gasteiger partial charge >= 0.3 is 11.9 Å². The van der Waals surface area contributed by atoms with Gasteiger partial charge in [0.15, 0.2) is 0 Å². The molecule has 0 aromatic rings. The third-order valence-electron chi connectivity index (χ3n) is 9.27. The average Bonchev–Trinajstić information content (AvgIpc) is 2.55. The summed E-state index contributed by atoms with van der Waals surface area (Å²) in [5.74, 6) is 2.92. The van der Waals surface area contributed by atoms with E-state index >= 15 is 0 Å². The van der Waals surface area contributed by atoms with Crippen LogP contribution in [0.25, 0.3) is 0 Å². The molecular formula is C18H22O4. The first kappa shape index (κ1) is 12.4. The quantitative estimate of drug-likeness (QED) is 0.731. The van der Waals surface area contributed by atoms with Crippen molar-refractivity contribution in [2.75, 3.05) is 14.2 Å². The lowest BCUT2D eigenvalue weighted by atomic mass is 8.98. The van der Waals surface area contributed by atoms with Crippen molar-refractivity contribution in [1.82, 2.24) is 0 Å². The number of esters is 2. The van der Waals surface area contributed by atoms with Crippen LogP contribution in [0.4, 0.5) is 0 Å². The van der Waals surface area contributed by atoms with Crippen LogP contribution in [-0.4, -0.2) is 26.2 Å². The van der Waals surface area contributed by atoms with Crippen LogP contribution in [0.1, 0.15) is 25.7 Å². The molecule has 0 aliphatic heterocycles. The molecule has 0 radical (unpaired) electrons. The number of methoxy groups -OCH3 is 2. The van der Waals surface area contributed by atoms with Gasteiger partial charge in [0.05, 0.1) is 26.1 Å². The minimum atomic E-state index is -0.226. The molecule has 118 valence electrons. The Kier molecular flexibility index (Phi) is 1.83. The molecule has 0 amide bonds. The van der Waals surface area contributed by atoms with Gasteiger partial charge in [-0.2, -0.15) is 0 Å². The maximum absolute atomic E-state index is 12.4. The van der Waals surface area contributed by atoms with Crippen LogP contribution in [0.2, 0.25) is 0 Å². The first-order valence-corrected chi connectivity index (χ1v) is 8.82. The standard InChI is InChI=1S/C18H22O4/c1-21-15(19)7-8(16(20)22-2)10-13-11-9(7)12-14(10)18(13)6-4-3-5-17(11,12)18/h7-14H,3-6H2,1-2H3/t7-,8+,9?,10?,11-,12+,13-,14+,17?,18?. The number of ether oxygens (including phenoxy) is 2. The van der Waals surface area contributed by atoms with Gasteiger partial charge in [0, 0.05) is 0 Å². The molecule has 10 atom stereocenters. The molecule has 22 heavy (non-hydrogen) atoms. The van der Waals surface area contributed by atoms with Gasteiger partial charge < -0.3 is 9.47 Å². The van der Waals surface area contributed by atoms with Crippen LogP contribution in [0.15, 0.2) is 0 Å². The molecule has 4 unspecified atom stereocenters. The fourth-order valence-electron chi connectivity index (χ4n) is 9.53. The van der Waals surface area contributed by atoms with Crippen molar-refractivity contribution in [3.63, 3.8) is 0 Å². The van der Waals surface area contributed by atoms with E-state index in [1.807, 2.05) is 0 Å². The highest BCUT2D eigenvalue weighted by atomic mass is 16.5. The van der Waals surface area contributed by atoms with E-state index < -0.39 is 0 Å². The van der Waals surface area contributed by atoms with Gasteiger partial charge in [-0.15, -0.1) is 0 Å². The van der Waals surface area contributed by atoms with E-state index in [0.717, 1.165) is 23.7 Å². The Morgan fingerprint density at radius 2 is 1.14 bits per heavy atom. The van der Waals surface area contributed by atoms with Gasteiger partial charge in [0.2, 0.25) is 0 Å². The third-order valence-corrected chi connectivity index (χ3v) is 9.27. The summed E-state index contributed by atoms with van der Waals surface area (Å²) in [5, 5.41) is 0. The van der Waals surface area contributed by atoms with E-state index in [2.05, 4.69) is 0 Å². The molecule has 0 N–H and O–H groups in total. The summed E-state index contributed by atoms with van der Waals surface area (Å²) < 4.78 is 10.2. The summed E-state index contributed by atoms with van der Waals surface area (Å²) in [5.41, 5.74) is 1.18. The molecular weight excluding hydrogens is 280 g/mol. The number of hydrogen-bond donors (Lipinski definition) is 0. The predicted octanol–water partition coefficient (Wildman–Crippen LogP) is 1.88. The molecule has 0 aromatic heterocycles. The highest BCUT2D eigenvalue weighted by Gasteiger charge is 3.03. The van der Waals surface area contributed by atoms with Gasteiger partial charge in [-0.05, 0) is 59.2 Å². The lowest BCUT2D eigenvalue weighted by Gasteiger charge is -3.05. The fraction of sp³-hybridized carbons (Fsp3) is 0.889. The van der Waals surface area contributed by atoms with E-state index in [1.54, 1.807) is 0 Å². The van der Waals surface area contributed by atoms with Gasteiger partial charge in [0.25, 0.3) is 0 Å². The molecule has 0 heterocycles. The van der Waals surface area contributed by atoms with Gasteiger partial charge in [-0.3, -0.25) is 9.59 Å². The normalized spacial score (nSPS) is 63.9. The highest BCUT2D eigenvalue weighted by molar-refractivity contribution is 5.85. The summed E-state index contributed by atoms with van der Waals surface area (Å²) in [7, 11) is 2.91. The number of fused-ring (bicyclic) bond motifs is 1. The summed E-state index contributed by atoms with van der Waals surface area (Å²) in [6.07, 6.45) is 5.51. The summed E-state index contributed by atoms with van der Waals surface area (Å²) in [4.78, 5) is 24.8. The lowest BCUT2D eigenvalue weighted by Crippen LogP contribution is -3.03. The van der Waals surface area contributed by atoms with Crippen LogP contribution >= 0.6 is 0 Å². The molecule has 4 heteroatoms. The Labute approximate surface area is 129 Å². The van der Waals surface area contributed by atoms with Crippen molar-refractivity contribution in [3.05, 3.63) is 0 Å². The van der Waals surface area contributed by atoms with Crippen molar-refractivity contribution in [2.45, 2.75) is 25.7 Å². The number of hydrogen-bond acceptors (Lipinski definition) is 4. The largest absolute Gasteiger partial charge is 0.469 e. The number of carbonyl (C=O) groups is 2. The Balaban J connectivity index is 1.45. The Morgan fingerprint density at radius 3 is 1.45 bits per heavy atom. The second-order valence-corrected chi connectivity index (χ2v) is 8.64. The molecule has 7 fully saturated rings. The summed E-state index contributed by atoms with van der Waals surface area (Å²) in [6, 6.07) is 0. The molecule has 4 nitrogen and oxygen atoms in total. The molecule has 7 saturated carbocycles. The molecule has 0 aromatic carbocycles. The summed E-state index contributed by atoms with van der Waals surface area (Å²) in [6.45, 7) is 0. The van der Waals surface area contributed by atoms with E-state index in [9.17, 15) is 9.59 Å². The molecule has 7 rings (SSSR count). The smallest absolute Gasteiger partial charge is 0.309 e. The zero-order chi connectivity index (χ0) is 15.0. The van der Waals surface area contributed by atoms with E-state index in [1.165, 1.54) is 39.9 Å². The Morgan fingerprint density at radius 1 is 0.773 bits per heavy atom. The first-order chi connectivity index (χ1) is 10.7. The zero-order valence-corrected chi connectivity index (χ0v) is 13.1. The monoisotopic (exact) mass is 302 g/mol. The summed E-state index contributed by atoms with van der Waals surface area (Å²) >= 11 is 0. The highest BCUT2D eigenvalue weighted by Crippen LogP contribution is 3.05. The SMILES string of the molecule is COC(=O)[C@@H]1C2[C@@H]3[C@H]4C([C@@H]1C(=O)OC)[C@H]1[C@H]2C32CCCCC412. The van der Waals surface area contributed by atoms with E-state index in [0.29, 0.717) is 22.7 Å². The minimum Gasteiger partial charge on any atom is -0.469 e. The van der Waals surface area contributed by atoms with Crippen LogP contribution in [0.3, 0.4) is 0 Å². The van der Waals surface area contributed by atoms with Crippen molar-refractivity contribution >= 4 is 11.9 Å². The maximum Gasteiger partial charge on any atom is 0.309 e. The number of carbonyl (C=O) groups excluding carboxylic acids is 2. The van der Waals surface area contributed by atoms with Gasteiger partial charge in [-0.1, -0.05) is 12.8 Å². The molecule has 2 bridgehead atoms. The lowest BCUT2D eigenvalue weighted by molar-refractivity contribution is -0.592. The third kappa shape index (κ3) is 0.771. The van der Waals surface area contributed by atoms with Gasteiger partial charge in [0.1, 0.15) is 0 Å². The van der Waals surface area contributed by atoms with Crippen molar-refractivity contribution in [1.29, 1.82) is 0 Å². The van der Waals surface area contributed by atoms with Crippen molar-refractivity contribution < 1.29 is 19.1 Å². The topological polar surface area (TPSA) is 52.6 Å². The van der Waals surface area contributed by atoms with Crippen LogP contribution in [-0.2, 0) is 19.1 Å². The van der Waals surface area contributed by atoms with Crippen LogP contribution in [0, 0.1) is 58.2 Å². The maximum atomic E-state index is 12.4. The first-order valence-electron chi connectivity index (χ1n) is 8.82. The Bertz CT molecular complexity index is 551. The van der Waals surface area contributed by atoms with Crippen LogP contribution < -0.4 is 0 Å². The average molecular weight is 302 g/mol. The molecule has 7 aliphatic carbocycles. The molecule has 7 aliphatic rings.